The molecule has 1 aliphatic rings. The van der Waals surface area contributed by atoms with Crippen LogP contribution in [-0.2, 0) is 12.4 Å². The summed E-state index contributed by atoms with van der Waals surface area (Å²) in [5, 5.41) is 0. The molecule has 1 unspecified atom stereocenters. The van der Waals surface area contributed by atoms with Crippen LogP contribution in [0.2, 0.25) is 0 Å². The number of alkyl halides is 1. The minimum absolute atomic E-state index is 0.560. The second-order valence-electron chi connectivity index (χ2n) is 4.22. The molecule has 1 saturated heterocycles. The Balaban J connectivity index is 1.92. The van der Waals surface area contributed by atoms with Crippen molar-refractivity contribution in [3.05, 3.63) is 18.2 Å². The predicted octanol–water partition coefficient (Wildman–Crippen LogP) is 1.96. The topological polar surface area (TPSA) is 21.1 Å². The van der Waals surface area contributed by atoms with Gasteiger partial charge in [0, 0.05) is 19.3 Å². The van der Waals surface area contributed by atoms with E-state index in [2.05, 4.69) is 21.4 Å². The zero-order valence-electron chi connectivity index (χ0n) is 9.19. The Morgan fingerprint density at radius 1 is 1.60 bits per heavy atom. The third kappa shape index (κ3) is 2.52. The molecule has 0 aliphatic carbocycles. The summed E-state index contributed by atoms with van der Waals surface area (Å²) >= 11 is 5.84. The first kappa shape index (κ1) is 11.0. The SMILES string of the molecule is CCN1CCC(Cn2cncc2CCl)C1. The van der Waals surface area contributed by atoms with Crippen molar-refractivity contribution in [1.82, 2.24) is 14.5 Å². The smallest absolute Gasteiger partial charge is 0.0948 e. The Morgan fingerprint density at radius 2 is 2.47 bits per heavy atom. The lowest BCUT2D eigenvalue weighted by Crippen LogP contribution is -2.21. The van der Waals surface area contributed by atoms with Crippen molar-refractivity contribution in [3.8, 4) is 0 Å². The number of hydrogen-bond acceptors (Lipinski definition) is 2. The van der Waals surface area contributed by atoms with Crippen LogP contribution in [0.5, 0.6) is 0 Å². The van der Waals surface area contributed by atoms with Crippen LogP contribution in [0.3, 0.4) is 0 Å². The van der Waals surface area contributed by atoms with Gasteiger partial charge in [-0.1, -0.05) is 6.92 Å². The Kier molecular flexibility index (Phi) is 3.65. The normalized spacial score (nSPS) is 22.4. The Hall–Kier alpha value is -0.540. The number of halogens is 1. The molecule has 0 amide bonds. The zero-order valence-corrected chi connectivity index (χ0v) is 9.95. The van der Waals surface area contributed by atoms with Gasteiger partial charge in [0.05, 0.1) is 17.9 Å². The molecule has 84 valence electrons. The Morgan fingerprint density at radius 3 is 3.13 bits per heavy atom. The molecule has 0 saturated carbocycles. The van der Waals surface area contributed by atoms with Gasteiger partial charge in [-0.05, 0) is 25.4 Å². The van der Waals surface area contributed by atoms with Gasteiger partial charge in [0.2, 0.25) is 0 Å². The second-order valence-corrected chi connectivity index (χ2v) is 4.49. The molecule has 1 aliphatic heterocycles. The Labute approximate surface area is 96.0 Å². The van der Waals surface area contributed by atoms with Crippen LogP contribution in [0.1, 0.15) is 19.0 Å². The molecule has 0 N–H and O–H groups in total. The summed E-state index contributed by atoms with van der Waals surface area (Å²) in [5.41, 5.74) is 1.13. The van der Waals surface area contributed by atoms with Crippen molar-refractivity contribution in [2.45, 2.75) is 25.8 Å². The van der Waals surface area contributed by atoms with Gasteiger partial charge in [0.25, 0.3) is 0 Å². The largest absolute Gasteiger partial charge is 0.333 e. The van der Waals surface area contributed by atoms with Crippen LogP contribution in [0, 0.1) is 5.92 Å². The summed E-state index contributed by atoms with van der Waals surface area (Å²) in [6.45, 7) is 6.92. The number of imidazole rings is 1. The van der Waals surface area contributed by atoms with Crippen molar-refractivity contribution < 1.29 is 0 Å². The lowest BCUT2D eigenvalue weighted by Gasteiger charge is -2.14. The van der Waals surface area contributed by atoms with Crippen LogP contribution in [-0.4, -0.2) is 34.1 Å². The van der Waals surface area contributed by atoms with Gasteiger partial charge < -0.3 is 9.47 Å². The molecule has 4 heteroatoms. The minimum atomic E-state index is 0.560. The summed E-state index contributed by atoms with van der Waals surface area (Å²) in [6.07, 6.45) is 5.06. The van der Waals surface area contributed by atoms with E-state index < -0.39 is 0 Å². The molecule has 0 spiro atoms. The van der Waals surface area contributed by atoms with Crippen LogP contribution in [0.25, 0.3) is 0 Å². The van der Waals surface area contributed by atoms with Gasteiger partial charge >= 0.3 is 0 Å². The average Bonchev–Trinajstić information content (AvgIpc) is 2.87. The highest BCUT2D eigenvalue weighted by molar-refractivity contribution is 6.16. The number of aromatic nitrogens is 2. The van der Waals surface area contributed by atoms with E-state index in [4.69, 9.17) is 11.6 Å². The molecule has 0 aromatic carbocycles. The number of nitrogens with zero attached hydrogens (tertiary/aromatic N) is 3. The van der Waals surface area contributed by atoms with Gasteiger partial charge in [0.1, 0.15) is 0 Å². The van der Waals surface area contributed by atoms with E-state index in [9.17, 15) is 0 Å². The highest BCUT2D eigenvalue weighted by atomic mass is 35.5. The van der Waals surface area contributed by atoms with E-state index in [1.54, 1.807) is 0 Å². The standard InChI is InChI=1S/C11H18ClN3/c1-2-14-4-3-10(7-14)8-15-9-13-6-11(15)5-12/h6,9-10H,2-5,7-8H2,1H3. The van der Waals surface area contributed by atoms with Crippen molar-refractivity contribution in [3.63, 3.8) is 0 Å². The fourth-order valence-electron chi connectivity index (χ4n) is 2.25. The molecule has 3 nitrogen and oxygen atoms in total. The third-order valence-electron chi connectivity index (χ3n) is 3.21. The van der Waals surface area contributed by atoms with Crippen LogP contribution in [0.15, 0.2) is 12.5 Å². The fourth-order valence-corrected chi connectivity index (χ4v) is 2.47. The van der Waals surface area contributed by atoms with E-state index in [-0.39, 0.29) is 0 Å². The molecule has 0 radical (unpaired) electrons. The molecule has 1 atom stereocenters. The fraction of sp³-hybridized carbons (Fsp3) is 0.727. The Bertz CT molecular complexity index is 311. The molecule has 1 aromatic rings. The highest BCUT2D eigenvalue weighted by Crippen LogP contribution is 2.18. The van der Waals surface area contributed by atoms with Crippen LogP contribution < -0.4 is 0 Å². The van der Waals surface area contributed by atoms with Crippen LogP contribution in [0.4, 0.5) is 0 Å². The molecular formula is C11H18ClN3. The summed E-state index contributed by atoms with van der Waals surface area (Å²) < 4.78 is 2.19. The van der Waals surface area contributed by atoms with Crippen molar-refractivity contribution in [1.29, 1.82) is 0 Å². The predicted molar refractivity (Wildman–Crippen MR) is 62.0 cm³/mol. The third-order valence-corrected chi connectivity index (χ3v) is 3.48. The summed E-state index contributed by atoms with van der Waals surface area (Å²) in [4.78, 5) is 6.64. The monoisotopic (exact) mass is 227 g/mol. The van der Waals surface area contributed by atoms with Crippen LogP contribution >= 0.6 is 11.6 Å². The average molecular weight is 228 g/mol. The lowest BCUT2D eigenvalue weighted by atomic mass is 10.1. The van der Waals surface area contributed by atoms with E-state index in [0.29, 0.717) is 5.88 Å². The van der Waals surface area contributed by atoms with E-state index in [1.807, 2.05) is 12.5 Å². The lowest BCUT2D eigenvalue weighted by molar-refractivity contribution is 0.332. The maximum atomic E-state index is 5.84. The van der Waals surface area contributed by atoms with E-state index >= 15 is 0 Å². The summed E-state index contributed by atoms with van der Waals surface area (Å²) in [7, 11) is 0. The minimum Gasteiger partial charge on any atom is -0.333 e. The molecule has 15 heavy (non-hydrogen) atoms. The molecule has 1 aromatic heterocycles. The van der Waals surface area contributed by atoms with E-state index in [0.717, 1.165) is 18.2 Å². The van der Waals surface area contributed by atoms with Crippen molar-refractivity contribution in [2.24, 2.45) is 5.92 Å². The van der Waals surface area contributed by atoms with Gasteiger partial charge in [-0.25, -0.2) is 4.98 Å². The van der Waals surface area contributed by atoms with E-state index in [1.165, 1.54) is 26.1 Å². The maximum absolute atomic E-state index is 5.84. The molecule has 1 fully saturated rings. The summed E-state index contributed by atoms with van der Waals surface area (Å²) in [5.74, 6) is 1.32. The van der Waals surface area contributed by atoms with Crippen molar-refractivity contribution >= 4 is 11.6 Å². The van der Waals surface area contributed by atoms with Gasteiger partial charge in [0.15, 0.2) is 0 Å². The number of likely N-dealkylation sites (tertiary alicyclic amines) is 1. The number of hydrogen-bond donors (Lipinski definition) is 0. The first-order valence-electron chi connectivity index (χ1n) is 5.60. The molecule has 2 heterocycles. The molecular weight excluding hydrogens is 210 g/mol. The van der Waals surface area contributed by atoms with Gasteiger partial charge in [-0.3, -0.25) is 0 Å². The van der Waals surface area contributed by atoms with Gasteiger partial charge in [-0.15, -0.1) is 11.6 Å². The zero-order chi connectivity index (χ0) is 10.7. The molecule has 2 rings (SSSR count). The first-order valence-corrected chi connectivity index (χ1v) is 6.14. The molecule has 0 bridgehead atoms. The quantitative estimate of drug-likeness (QED) is 0.734. The first-order chi connectivity index (χ1) is 7.33. The highest BCUT2D eigenvalue weighted by Gasteiger charge is 2.21. The summed E-state index contributed by atoms with van der Waals surface area (Å²) in [6, 6.07) is 0. The van der Waals surface area contributed by atoms with Crippen molar-refractivity contribution in [2.75, 3.05) is 19.6 Å². The van der Waals surface area contributed by atoms with Gasteiger partial charge in [-0.2, -0.15) is 0 Å². The number of rotatable bonds is 4. The second kappa shape index (κ2) is 4.99. The maximum Gasteiger partial charge on any atom is 0.0948 e.